The van der Waals surface area contributed by atoms with Gasteiger partial charge in [-0.05, 0) is 37.5 Å². The summed E-state index contributed by atoms with van der Waals surface area (Å²) in [5.74, 6) is 11.6. The molecule has 0 radical (unpaired) electrons. The van der Waals surface area contributed by atoms with E-state index < -0.39 is 6.03 Å². The molecule has 108 valence electrons. The van der Waals surface area contributed by atoms with Crippen LogP contribution in [0.5, 0.6) is 0 Å². The molecule has 18 heavy (non-hydrogen) atoms. The van der Waals surface area contributed by atoms with Crippen molar-refractivity contribution in [2.24, 2.45) is 29.3 Å². The lowest BCUT2D eigenvalue weighted by Gasteiger charge is -2.29. The molecule has 0 aromatic rings. The van der Waals surface area contributed by atoms with Crippen molar-refractivity contribution in [3.8, 4) is 0 Å². The summed E-state index contributed by atoms with van der Waals surface area (Å²) in [7, 11) is 0. The van der Waals surface area contributed by atoms with E-state index in [1.54, 1.807) is 0 Å². The van der Waals surface area contributed by atoms with Crippen LogP contribution in [-0.4, -0.2) is 23.6 Å². The smallest absolute Gasteiger partial charge is 0.327 e. The van der Waals surface area contributed by atoms with Gasteiger partial charge >= 0.3 is 6.03 Å². The summed E-state index contributed by atoms with van der Waals surface area (Å²) in [5.41, 5.74) is 7.75. The van der Waals surface area contributed by atoms with Gasteiger partial charge in [0.1, 0.15) is 0 Å². The van der Waals surface area contributed by atoms with Gasteiger partial charge in [-0.15, -0.1) is 0 Å². The molecule has 0 heterocycles. The van der Waals surface area contributed by atoms with Crippen molar-refractivity contribution in [2.75, 3.05) is 6.54 Å². The number of carbonyl (C=O) groups excluding carboxylic acids is 1. The highest BCUT2D eigenvalue weighted by Gasteiger charge is 2.21. The molecule has 0 bridgehead atoms. The van der Waals surface area contributed by atoms with E-state index in [2.05, 4.69) is 13.8 Å². The first-order valence-corrected chi connectivity index (χ1v) is 6.70. The average Bonchev–Trinajstić information content (AvgIpc) is 2.34. The third-order valence-electron chi connectivity index (χ3n) is 3.35. The molecule has 0 aromatic carbocycles. The van der Waals surface area contributed by atoms with Gasteiger partial charge in [0.15, 0.2) is 0 Å². The molecule has 1 rings (SSSR count). The molecular formula is C12H29N5O. The fourth-order valence-electron chi connectivity index (χ4n) is 2.11. The average molecular weight is 259 g/mol. The summed E-state index contributed by atoms with van der Waals surface area (Å²) < 4.78 is 0. The quantitative estimate of drug-likeness (QED) is 0.336. The maximum atomic E-state index is 10.5. The van der Waals surface area contributed by atoms with E-state index >= 15 is 0 Å². The fraction of sp³-hybridized carbons (Fsp3) is 0.917. The lowest BCUT2D eigenvalue weighted by molar-refractivity contribution is 0.199. The van der Waals surface area contributed by atoms with Gasteiger partial charge < -0.3 is 5.73 Å². The Labute approximate surface area is 110 Å². The van der Waals surface area contributed by atoms with Gasteiger partial charge in [0, 0.05) is 12.6 Å². The lowest BCUT2D eigenvalue weighted by Crippen LogP contribution is -2.47. The van der Waals surface area contributed by atoms with Gasteiger partial charge in [-0.25, -0.2) is 16.5 Å². The molecule has 0 saturated heterocycles. The number of carbonyl (C=O) groups is 1. The summed E-state index contributed by atoms with van der Waals surface area (Å²) >= 11 is 0. The molecule has 1 aliphatic carbocycles. The van der Waals surface area contributed by atoms with Crippen molar-refractivity contribution in [2.45, 2.75) is 52.5 Å². The predicted octanol–water partition coefficient (Wildman–Crippen LogP) is 0.925. The molecule has 3 unspecified atom stereocenters. The number of nitrogens with one attached hydrogen (secondary N) is 1. The van der Waals surface area contributed by atoms with Crippen molar-refractivity contribution in [1.82, 2.24) is 10.4 Å². The van der Waals surface area contributed by atoms with Crippen LogP contribution in [0, 0.1) is 11.8 Å². The standard InChI is InChI=1S/C8H17N.C4H12N4O/c1-6-3-4-8(9)7(2)5-6;1-2-3-8(6)4(9)7-5/h6-8H,3-5,9H2,1-2H3;2-3,5-6H2,1H3,(H,7,9). The third-order valence-corrected chi connectivity index (χ3v) is 3.35. The molecule has 2 amide bonds. The Bertz CT molecular complexity index is 237. The maximum absolute atomic E-state index is 10.5. The summed E-state index contributed by atoms with van der Waals surface area (Å²) in [5, 5.41) is 1.03. The Hall–Kier alpha value is -0.850. The number of rotatable bonds is 2. The summed E-state index contributed by atoms with van der Waals surface area (Å²) in [6.45, 7) is 7.02. The van der Waals surface area contributed by atoms with Crippen LogP contribution >= 0.6 is 0 Å². The van der Waals surface area contributed by atoms with Crippen molar-refractivity contribution in [1.29, 1.82) is 0 Å². The minimum atomic E-state index is -0.461. The Morgan fingerprint density at radius 3 is 2.39 bits per heavy atom. The highest BCUT2D eigenvalue weighted by molar-refractivity contribution is 5.72. The lowest BCUT2D eigenvalue weighted by atomic mass is 9.80. The molecule has 3 atom stereocenters. The van der Waals surface area contributed by atoms with E-state index in [4.69, 9.17) is 17.4 Å². The van der Waals surface area contributed by atoms with E-state index in [-0.39, 0.29) is 0 Å². The highest BCUT2D eigenvalue weighted by atomic mass is 16.2. The molecular weight excluding hydrogens is 230 g/mol. The minimum absolute atomic E-state index is 0.461. The summed E-state index contributed by atoms with van der Waals surface area (Å²) in [4.78, 5) is 10.5. The SMILES string of the molecule is CC1CCC(N)C(C)C1.CCCN(N)C(=O)NN. The van der Waals surface area contributed by atoms with E-state index in [1.165, 1.54) is 19.3 Å². The minimum Gasteiger partial charge on any atom is -0.327 e. The van der Waals surface area contributed by atoms with Crippen LogP contribution in [0.1, 0.15) is 46.5 Å². The third kappa shape index (κ3) is 6.78. The number of nitrogens with zero attached hydrogens (tertiary/aromatic N) is 1. The zero-order chi connectivity index (χ0) is 14.1. The molecule has 0 spiro atoms. The van der Waals surface area contributed by atoms with Crippen LogP contribution in [0.2, 0.25) is 0 Å². The van der Waals surface area contributed by atoms with E-state index in [0.717, 1.165) is 23.3 Å². The van der Waals surface area contributed by atoms with E-state index in [9.17, 15) is 4.79 Å². The number of hydrogen-bond acceptors (Lipinski definition) is 4. The van der Waals surface area contributed by atoms with Crippen molar-refractivity contribution in [3.63, 3.8) is 0 Å². The van der Waals surface area contributed by atoms with E-state index in [1.807, 2.05) is 12.3 Å². The molecule has 0 aromatic heterocycles. The number of hydrazine groups is 2. The van der Waals surface area contributed by atoms with Gasteiger partial charge in [0.2, 0.25) is 0 Å². The second-order valence-electron chi connectivity index (χ2n) is 5.20. The highest BCUT2D eigenvalue weighted by Crippen LogP contribution is 2.26. The Balaban J connectivity index is 0.000000321. The summed E-state index contributed by atoms with van der Waals surface area (Å²) in [6.07, 6.45) is 4.74. The normalized spacial score (nSPS) is 26.9. The van der Waals surface area contributed by atoms with Crippen molar-refractivity contribution in [3.05, 3.63) is 0 Å². The largest absolute Gasteiger partial charge is 0.345 e. The maximum Gasteiger partial charge on any atom is 0.345 e. The topological polar surface area (TPSA) is 110 Å². The first-order chi connectivity index (χ1) is 8.42. The number of nitrogens with two attached hydrogens (primary N) is 3. The zero-order valence-electron chi connectivity index (χ0n) is 11.9. The van der Waals surface area contributed by atoms with Gasteiger partial charge in [0.25, 0.3) is 0 Å². The second-order valence-corrected chi connectivity index (χ2v) is 5.20. The van der Waals surface area contributed by atoms with Crippen molar-refractivity contribution < 1.29 is 4.79 Å². The van der Waals surface area contributed by atoms with Gasteiger partial charge in [-0.2, -0.15) is 0 Å². The predicted molar refractivity (Wildman–Crippen MR) is 74.1 cm³/mol. The Morgan fingerprint density at radius 1 is 1.39 bits per heavy atom. The number of hydrogen-bond donors (Lipinski definition) is 4. The van der Waals surface area contributed by atoms with Crippen LogP contribution in [0.25, 0.3) is 0 Å². The molecule has 0 aliphatic heterocycles. The fourth-order valence-corrected chi connectivity index (χ4v) is 2.11. The van der Waals surface area contributed by atoms with Crippen LogP contribution < -0.4 is 22.8 Å². The monoisotopic (exact) mass is 259 g/mol. The van der Waals surface area contributed by atoms with Crippen LogP contribution in [0.3, 0.4) is 0 Å². The van der Waals surface area contributed by atoms with Crippen LogP contribution in [-0.2, 0) is 0 Å². The van der Waals surface area contributed by atoms with Gasteiger partial charge in [-0.3, -0.25) is 10.4 Å². The first kappa shape index (κ1) is 17.2. The number of amides is 2. The molecule has 1 saturated carbocycles. The zero-order valence-corrected chi connectivity index (χ0v) is 11.9. The molecule has 7 N–H and O–H groups in total. The van der Waals surface area contributed by atoms with Gasteiger partial charge in [-0.1, -0.05) is 20.8 Å². The van der Waals surface area contributed by atoms with Crippen LogP contribution in [0.15, 0.2) is 0 Å². The molecule has 1 aliphatic rings. The second kappa shape index (κ2) is 9.13. The first-order valence-electron chi connectivity index (χ1n) is 6.70. The van der Waals surface area contributed by atoms with Crippen LogP contribution in [0.4, 0.5) is 4.79 Å². The molecule has 6 nitrogen and oxygen atoms in total. The summed E-state index contributed by atoms with van der Waals surface area (Å²) in [6, 6.07) is 0.0260. The molecule has 6 heteroatoms. The van der Waals surface area contributed by atoms with Crippen molar-refractivity contribution >= 4 is 6.03 Å². The Morgan fingerprint density at radius 2 is 2.00 bits per heavy atom. The number of urea groups is 1. The molecule has 1 fully saturated rings. The Kier molecular flexibility index (Phi) is 8.70. The van der Waals surface area contributed by atoms with Gasteiger partial charge in [0.05, 0.1) is 0 Å². The van der Waals surface area contributed by atoms with E-state index in [0.29, 0.717) is 12.6 Å².